The molecule has 0 saturated carbocycles. The quantitative estimate of drug-likeness (QED) is 0.813. The number of amides is 1. The van der Waals surface area contributed by atoms with Crippen LogP contribution < -0.4 is 5.32 Å². The van der Waals surface area contributed by atoms with Gasteiger partial charge in [-0.15, -0.1) is 11.6 Å². The zero-order valence-corrected chi connectivity index (χ0v) is 10.3. The maximum atomic E-state index is 13.0. The van der Waals surface area contributed by atoms with Gasteiger partial charge in [0.25, 0.3) is 0 Å². The van der Waals surface area contributed by atoms with Crippen LogP contribution in [0.1, 0.15) is 30.4 Å². The van der Waals surface area contributed by atoms with E-state index >= 15 is 0 Å². The standard InChI is InChI=1S/C12H15ClFNO/c1-7(2)15-12(16)11(13)9-4-5-10(14)8(3)6-9/h4-7,11H,1-3H3,(H,15,16). The van der Waals surface area contributed by atoms with Gasteiger partial charge in [0, 0.05) is 6.04 Å². The Labute approximate surface area is 99.8 Å². The van der Waals surface area contributed by atoms with Crippen LogP contribution in [0.15, 0.2) is 18.2 Å². The summed E-state index contributed by atoms with van der Waals surface area (Å²) >= 11 is 5.99. The molecule has 16 heavy (non-hydrogen) atoms. The topological polar surface area (TPSA) is 29.1 Å². The van der Waals surface area contributed by atoms with Crippen LogP contribution in [-0.2, 0) is 4.79 Å². The summed E-state index contributed by atoms with van der Waals surface area (Å²) in [5, 5.41) is 1.93. The Bertz CT molecular complexity index is 393. The van der Waals surface area contributed by atoms with E-state index in [9.17, 15) is 9.18 Å². The van der Waals surface area contributed by atoms with E-state index in [1.165, 1.54) is 12.1 Å². The molecule has 1 amide bonds. The van der Waals surface area contributed by atoms with Crippen LogP contribution in [0.25, 0.3) is 0 Å². The first kappa shape index (κ1) is 13.0. The molecule has 1 aromatic rings. The summed E-state index contributed by atoms with van der Waals surface area (Å²) in [6.07, 6.45) is 0. The molecule has 88 valence electrons. The van der Waals surface area contributed by atoms with Gasteiger partial charge in [-0.1, -0.05) is 12.1 Å². The van der Waals surface area contributed by atoms with Gasteiger partial charge in [-0.3, -0.25) is 4.79 Å². The maximum absolute atomic E-state index is 13.0. The van der Waals surface area contributed by atoms with Crippen LogP contribution in [0.5, 0.6) is 0 Å². The monoisotopic (exact) mass is 243 g/mol. The number of alkyl halides is 1. The lowest BCUT2D eigenvalue weighted by atomic mass is 10.1. The minimum absolute atomic E-state index is 0.0373. The minimum Gasteiger partial charge on any atom is -0.352 e. The molecule has 0 aliphatic heterocycles. The third-order valence-corrected chi connectivity index (χ3v) is 2.59. The Morgan fingerprint density at radius 3 is 2.56 bits per heavy atom. The number of aryl methyl sites for hydroxylation is 1. The Balaban J connectivity index is 2.83. The first-order valence-electron chi connectivity index (χ1n) is 5.12. The lowest BCUT2D eigenvalue weighted by Gasteiger charge is -2.13. The summed E-state index contributed by atoms with van der Waals surface area (Å²) in [5.74, 6) is -0.556. The zero-order chi connectivity index (χ0) is 12.3. The average molecular weight is 244 g/mol. The normalized spacial score (nSPS) is 12.6. The molecular formula is C12H15ClFNO. The molecule has 1 aromatic carbocycles. The fourth-order valence-corrected chi connectivity index (χ4v) is 1.53. The molecular weight excluding hydrogens is 229 g/mol. The van der Waals surface area contributed by atoms with Gasteiger partial charge in [0.2, 0.25) is 5.91 Å². The molecule has 1 rings (SSSR count). The van der Waals surface area contributed by atoms with Crippen molar-refractivity contribution in [3.05, 3.63) is 35.1 Å². The van der Waals surface area contributed by atoms with Gasteiger partial charge < -0.3 is 5.32 Å². The highest BCUT2D eigenvalue weighted by Gasteiger charge is 2.18. The molecule has 0 aliphatic rings. The van der Waals surface area contributed by atoms with Crippen molar-refractivity contribution in [2.45, 2.75) is 32.2 Å². The van der Waals surface area contributed by atoms with E-state index in [4.69, 9.17) is 11.6 Å². The fourth-order valence-electron chi connectivity index (χ4n) is 1.33. The minimum atomic E-state index is -0.776. The van der Waals surface area contributed by atoms with Gasteiger partial charge in [-0.2, -0.15) is 0 Å². The van der Waals surface area contributed by atoms with Gasteiger partial charge in [-0.05, 0) is 38.0 Å². The van der Waals surface area contributed by atoms with Gasteiger partial charge in [0.1, 0.15) is 11.2 Å². The Hall–Kier alpha value is -1.09. The Morgan fingerprint density at radius 1 is 1.44 bits per heavy atom. The van der Waals surface area contributed by atoms with Crippen LogP contribution in [0.3, 0.4) is 0 Å². The number of hydrogen-bond donors (Lipinski definition) is 1. The largest absolute Gasteiger partial charge is 0.352 e. The second kappa shape index (κ2) is 5.30. The highest BCUT2D eigenvalue weighted by Crippen LogP contribution is 2.22. The number of halogens is 2. The zero-order valence-electron chi connectivity index (χ0n) is 9.55. The van der Waals surface area contributed by atoms with Gasteiger partial charge in [0.05, 0.1) is 0 Å². The number of carbonyl (C=O) groups excluding carboxylic acids is 1. The molecule has 1 atom stereocenters. The number of carbonyl (C=O) groups is 1. The first-order chi connectivity index (χ1) is 7.41. The first-order valence-corrected chi connectivity index (χ1v) is 5.56. The van der Waals surface area contributed by atoms with Crippen LogP contribution >= 0.6 is 11.6 Å². The van der Waals surface area contributed by atoms with Crippen LogP contribution in [0, 0.1) is 12.7 Å². The van der Waals surface area contributed by atoms with Crippen LogP contribution in [0.2, 0.25) is 0 Å². The van der Waals surface area contributed by atoms with Crippen LogP contribution in [0.4, 0.5) is 4.39 Å². The van der Waals surface area contributed by atoms with Crippen molar-refractivity contribution in [1.29, 1.82) is 0 Å². The second-order valence-corrected chi connectivity index (χ2v) is 4.47. The van der Waals surface area contributed by atoms with Crippen molar-refractivity contribution >= 4 is 17.5 Å². The molecule has 2 nitrogen and oxygen atoms in total. The lowest BCUT2D eigenvalue weighted by Crippen LogP contribution is -2.32. The van der Waals surface area contributed by atoms with E-state index in [0.717, 1.165) is 0 Å². The highest BCUT2D eigenvalue weighted by molar-refractivity contribution is 6.30. The van der Waals surface area contributed by atoms with Crippen molar-refractivity contribution in [2.75, 3.05) is 0 Å². The van der Waals surface area contributed by atoms with E-state index in [1.54, 1.807) is 13.0 Å². The molecule has 1 unspecified atom stereocenters. The average Bonchev–Trinajstić information content (AvgIpc) is 2.20. The summed E-state index contributed by atoms with van der Waals surface area (Å²) < 4.78 is 13.0. The van der Waals surface area contributed by atoms with Crippen molar-refractivity contribution in [1.82, 2.24) is 5.32 Å². The van der Waals surface area contributed by atoms with Crippen molar-refractivity contribution in [3.8, 4) is 0 Å². The van der Waals surface area contributed by atoms with E-state index in [-0.39, 0.29) is 17.8 Å². The van der Waals surface area contributed by atoms with Gasteiger partial charge in [-0.25, -0.2) is 4.39 Å². The summed E-state index contributed by atoms with van der Waals surface area (Å²) in [5.41, 5.74) is 1.10. The van der Waals surface area contributed by atoms with Crippen LogP contribution in [-0.4, -0.2) is 11.9 Å². The predicted octanol–water partition coefficient (Wildman–Crippen LogP) is 2.94. The maximum Gasteiger partial charge on any atom is 0.242 e. The molecule has 0 saturated heterocycles. The van der Waals surface area contributed by atoms with Gasteiger partial charge >= 0.3 is 0 Å². The highest BCUT2D eigenvalue weighted by atomic mass is 35.5. The summed E-state index contributed by atoms with van der Waals surface area (Å²) in [6, 6.07) is 4.48. The lowest BCUT2D eigenvalue weighted by molar-refractivity contribution is -0.121. The number of rotatable bonds is 3. The molecule has 0 heterocycles. The van der Waals surface area contributed by atoms with E-state index in [0.29, 0.717) is 11.1 Å². The van der Waals surface area contributed by atoms with E-state index in [1.807, 2.05) is 13.8 Å². The Kier molecular flexibility index (Phi) is 4.30. The van der Waals surface area contributed by atoms with Crippen molar-refractivity contribution < 1.29 is 9.18 Å². The number of hydrogen-bond acceptors (Lipinski definition) is 1. The summed E-state index contributed by atoms with van der Waals surface area (Å²) in [7, 11) is 0. The summed E-state index contributed by atoms with van der Waals surface area (Å²) in [6.45, 7) is 5.36. The van der Waals surface area contributed by atoms with Gasteiger partial charge in [0.15, 0.2) is 0 Å². The molecule has 1 N–H and O–H groups in total. The second-order valence-electron chi connectivity index (χ2n) is 4.03. The molecule has 0 radical (unpaired) electrons. The fraction of sp³-hybridized carbons (Fsp3) is 0.417. The predicted molar refractivity (Wildman–Crippen MR) is 63.0 cm³/mol. The van der Waals surface area contributed by atoms with Crippen molar-refractivity contribution in [3.63, 3.8) is 0 Å². The molecule has 0 aliphatic carbocycles. The molecule has 0 spiro atoms. The Morgan fingerprint density at radius 2 is 2.06 bits per heavy atom. The smallest absolute Gasteiger partial charge is 0.242 e. The molecule has 4 heteroatoms. The number of benzene rings is 1. The summed E-state index contributed by atoms with van der Waals surface area (Å²) in [4.78, 5) is 11.6. The SMILES string of the molecule is Cc1cc(C(Cl)C(=O)NC(C)C)ccc1F. The number of nitrogens with one attached hydrogen (secondary N) is 1. The van der Waals surface area contributed by atoms with E-state index < -0.39 is 5.38 Å². The molecule has 0 fully saturated rings. The molecule has 0 aromatic heterocycles. The van der Waals surface area contributed by atoms with Crippen molar-refractivity contribution in [2.24, 2.45) is 0 Å². The third kappa shape index (κ3) is 3.20. The third-order valence-electron chi connectivity index (χ3n) is 2.14. The molecule has 0 bridgehead atoms. The van der Waals surface area contributed by atoms with E-state index in [2.05, 4.69) is 5.32 Å².